The Morgan fingerprint density at radius 2 is 1.55 bits per heavy atom. The van der Waals surface area contributed by atoms with Crippen molar-refractivity contribution in [3.8, 4) is 0 Å². The molecule has 3 aromatic rings. The Bertz CT molecular complexity index is 874. The predicted octanol–water partition coefficient (Wildman–Crippen LogP) is 4.54. The summed E-state index contributed by atoms with van der Waals surface area (Å²) in [6.45, 7) is 0. The number of fused-ring (bicyclic) bond motifs is 1. The van der Waals surface area contributed by atoms with Crippen molar-refractivity contribution in [1.82, 2.24) is 0 Å². The third kappa shape index (κ3) is 2.52. The summed E-state index contributed by atoms with van der Waals surface area (Å²) < 4.78 is 0. The molecule has 3 rings (SSSR count). The Morgan fingerprint density at radius 1 is 0.909 bits per heavy atom. The summed E-state index contributed by atoms with van der Waals surface area (Å²) in [6.07, 6.45) is 0. The fraction of sp³-hybridized carbons (Fsp3) is 0. The average Bonchev–Trinajstić information content (AvgIpc) is 2.55. The highest BCUT2D eigenvalue weighted by Gasteiger charge is 2.14. The van der Waals surface area contributed by atoms with Crippen LogP contribution in [0.1, 0.15) is 10.4 Å². The van der Waals surface area contributed by atoms with E-state index in [9.17, 15) is 9.90 Å². The number of hydrogen-bond donors (Lipinski definition) is 2. The SMILES string of the molecule is Nc1c(/N=N/c2ccccc2)cc(C(=O)O)c2ccccc12. The Morgan fingerprint density at radius 3 is 2.23 bits per heavy atom. The van der Waals surface area contributed by atoms with Crippen LogP contribution in [0.4, 0.5) is 17.1 Å². The number of hydrogen-bond acceptors (Lipinski definition) is 4. The molecule has 0 saturated carbocycles. The van der Waals surface area contributed by atoms with Crippen molar-refractivity contribution < 1.29 is 9.90 Å². The van der Waals surface area contributed by atoms with E-state index < -0.39 is 5.97 Å². The molecule has 0 heterocycles. The molecular weight excluding hydrogens is 278 g/mol. The van der Waals surface area contributed by atoms with E-state index in [2.05, 4.69) is 10.2 Å². The number of azo groups is 1. The van der Waals surface area contributed by atoms with Crippen molar-refractivity contribution in [2.24, 2.45) is 10.2 Å². The van der Waals surface area contributed by atoms with Crippen LogP contribution in [-0.4, -0.2) is 11.1 Å². The van der Waals surface area contributed by atoms with Crippen LogP contribution in [0.5, 0.6) is 0 Å². The molecule has 5 heteroatoms. The van der Waals surface area contributed by atoms with E-state index in [4.69, 9.17) is 5.73 Å². The maximum Gasteiger partial charge on any atom is 0.336 e. The van der Waals surface area contributed by atoms with Crippen LogP contribution in [0.15, 0.2) is 70.9 Å². The molecule has 0 amide bonds. The second kappa shape index (κ2) is 5.65. The Balaban J connectivity index is 2.16. The van der Waals surface area contributed by atoms with Gasteiger partial charge in [0.2, 0.25) is 0 Å². The summed E-state index contributed by atoms with van der Waals surface area (Å²) in [7, 11) is 0. The van der Waals surface area contributed by atoms with Crippen molar-refractivity contribution in [2.75, 3.05) is 5.73 Å². The molecule has 0 aliphatic rings. The van der Waals surface area contributed by atoms with E-state index in [1.807, 2.05) is 24.3 Å². The first kappa shape index (κ1) is 13.8. The Hall–Kier alpha value is -3.21. The minimum absolute atomic E-state index is 0.159. The average molecular weight is 291 g/mol. The third-order valence-corrected chi connectivity index (χ3v) is 3.32. The van der Waals surface area contributed by atoms with Crippen molar-refractivity contribution in [3.05, 3.63) is 66.2 Å². The highest BCUT2D eigenvalue weighted by molar-refractivity contribution is 6.10. The first-order valence-corrected chi connectivity index (χ1v) is 6.68. The highest BCUT2D eigenvalue weighted by atomic mass is 16.4. The van der Waals surface area contributed by atoms with Gasteiger partial charge < -0.3 is 10.8 Å². The number of carboxylic acids is 1. The molecule has 0 fully saturated rings. The third-order valence-electron chi connectivity index (χ3n) is 3.32. The van der Waals surface area contributed by atoms with Gasteiger partial charge in [0.1, 0.15) is 5.69 Å². The first-order chi connectivity index (χ1) is 10.7. The van der Waals surface area contributed by atoms with E-state index in [1.54, 1.807) is 30.3 Å². The van der Waals surface area contributed by atoms with Crippen molar-refractivity contribution in [1.29, 1.82) is 0 Å². The Kier molecular flexibility index (Phi) is 3.53. The number of carbonyl (C=O) groups is 1. The molecule has 3 N–H and O–H groups in total. The monoisotopic (exact) mass is 291 g/mol. The number of benzene rings is 3. The molecule has 0 aliphatic heterocycles. The zero-order valence-electron chi connectivity index (χ0n) is 11.6. The summed E-state index contributed by atoms with van der Waals surface area (Å²) in [4.78, 5) is 11.4. The van der Waals surface area contributed by atoms with E-state index >= 15 is 0 Å². The molecule has 0 aliphatic carbocycles. The van der Waals surface area contributed by atoms with Gasteiger partial charge in [-0.15, -0.1) is 5.11 Å². The number of nitrogens with two attached hydrogens (primary N) is 1. The predicted molar refractivity (Wildman–Crippen MR) is 85.9 cm³/mol. The zero-order valence-corrected chi connectivity index (χ0v) is 11.6. The number of rotatable bonds is 3. The fourth-order valence-corrected chi connectivity index (χ4v) is 2.25. The van der Waals surface area contributed by atoms with Gasteiger partial charge in [-0.25, -0.2) is 4.79 Å². The van der Waals surface area contributed by atoms with Gasteiger partial charge in [0.25, 0.3) is 0 Å². The number of anilines is 1. The summed E-state index contributed by atoms with van der Waals surface area (Å²) in [5, 5.41) is 18.8. The second-order valence-corrected chi connectivity index (χ2v) is 4.74. The Labute approximate surface area is 126 Å². The molecule has 0 bridgehead atoms. The summed E-state index contributed by atoms with van der Waals surface area (Å²) in [5.74, 6) is -1.02. The number of nitrogen functional groups attached to an aromatic ring is 1. The summed E-state index contributed by atoms with van der Waals surface area (Å²) >= 11 is 0. The molecule has 3 aromatic carbocycles. The largest absolute Gasteiger partial charge is 0.478 e. The molecule has 108 valence electrons. The first-order valence-electron chi connectivity index (χ1n) is 6.68. The smallest absolute Gasteiger partial charge is 0.336 e. The molecular formula is C17H13N3O2. The van der Waals surface area contributed by atoms with E-state index in [1.165, 1.54) is 6.07 Å². The molecule has 0 atom stereocenters. The van der Waals surface area contributed by atoms with Crippen LogP contribution in [0.25, 0.3) is 10.8 Å². The minimum atomic E-state index is -1.02. The molecule has 0 aromatic heterocycles. The molecule has 0 unspecified atom stereocenters. The summed E-state index contributed by atoms with van der Waals surface area (Å²) in [5.41, 5.74) is 7.70. The van der Waals surface area contributed by atoms with Crippen molar-refractivity contribution >= 4 is 33.8 Å². The standard InChI is InChI=1S/C17H13N3O2/c18-16-13-9-5-4-8-12(13)14(17(21)22)10-15(16)20-19-11-6-2-1-3-7-11/h1-10H,18H2,(H,21,22)/b20-19+. The van der Waals surface area contributed by atoms with Crippen LogP contribution in [-0.2, 0) is 0 Å². The van der Waals surface area contributed by atoms with Crippen molar-refractivity contribution in [2.45, 2.75) is 0 Å². The molecule has 0 saturated heterocycles. The van der Waals surface area contributed by atoms with E-state index in [0.717, 1.165) is 0 Å². The maximum atomic E-state index is 11.4. The molecule has 22 heavy (non-hydrogen) atoms. The lowest BCUT2D eigenvalue weighted by Crippen LogP contribution is -1.99. The van der Waals surface area contributed by atoms with Gasteiger partial charge in [-0.2, -0.15) is 5.11 Å². The van der Waals surface area contributed by atoms with E-state index in [0.29, 0.717) is 27.8 Å². The van der Waals surface area contributed by atoms with Crippen LogP contribution in [0.3, 0.4) is 0 Å². The van der Waals surface area contributed by atoms with Crippen LogP contribution >= 0.6 is 0 Å². The quantitative estimate of drug-likeness (QED) is 0.548. The zero-order chi connectivity index (χ0) is 15.5. The molecule has 0 radical (unpaired) electrons. The van der Waals surface area contributed by atoms with Crippen molar-refractivity contribution in [3.63, 3.8) is 0 Å². The summed E-state index contributed by atoms with van der Waals surface area (Å²) in [6, 6.07) is 17.7. The normalized spacial score (nSPS) is 11.1. The van der Waals surface area contributed by atoms with Gasteiger partial charge in [0.05, 0.1) is 16.9 Å². The molecule has 5 nitrogen and oxygen atoms in total. The number of carboxylic acid groups (broad SMARTS) is 1. The van der Waals surface area contributed by atoms with Crippen LogP contribution < -0.4 is 5.73 Å². The lowest BCUT2D eigenvalue weighted by atomic mass is 10.0. The number of aromatic carboxylic acids is 1. The lowest BCUT2D eigenvalue weighted by molar-refractivity contribution is 0.0699. The number of nitrogens with zero attached hydrogens (tertiary/aromatic N) is 2. The lowest BCUT2D eigenvalue weighted by Gasteiger charge is -2.08. The van der Waals surface area contributed by atoms with Gasteiger partial charge in [-0.1, -0.05) is 42.5 Å². The highest BCUT2D eigenvalue weighted by Crippen LogP contribution is 2.34. The topological polar surface area (TPSA) is 88.0 Å². The van der Waals surface area contributed by atoms with Gasteiger partial charge in [0.15, 0.2) is 0 Å². The van der Waals surface area contributed by atoms with E-state index in [-0.39, 0.29) is 5.56 Å². The minimum Gasteiger partial charge on any atom is -0.478 e. The van der Waals surface area contributed by atoms with Crippen LogP contribution in [0, 0.1) is 0 Å². The van der Waals surface area contributed by atoms with Gasteiger partial charge in [0, 0.05) is 5.39 Å². The maximum absolute atomic E-state index is 11.4. The fourth-order valence-electron chi connectivity index (χ4n) is 2.25. The van der Waals surface area contributed by atoms with Gasteiger partial charge in [-0.3, -0.25) is 0 Å². The molecule has 0 spiro atoms. The van der Waals surface area contributed by atoms with Gasteiger partial charge in [-0.05, 0) is 23.6 Å². The van der Waals surface area contributed by atoms with Gasteiger partial charge >= 0.3 is 5.97 Å². The van der Waals surface area contributed by atoms with Crippen LogP contribution in [0.2, 0.25) is 0 Å². The second-order valence-electron chi connectivity index (χ2n) is 4.74.